The van der Waals surface area contributed by atoms with Crippen LogP contribution in [-0.2, 0) is 11.2 Å². The number of aromatic nitrogens is 3. The van der Waals surface area contributed by atoms with Crippen molar-refractivity contribution in [2.45, 2.75) is 32.2 Å². The Kier molecular flexibility index (Phi) is 8.48. The number of benzene rings is 2. The van der Waals surface area contributed by atoms with E-state index in [0.717, 1.165) is 36.8 Å². The molecule has 2 aromatic carbocycles. The number of likely N-dealkylation sites (tertiary alicyclic amines) is 1. The minimum atomic E-state index is -0.0840. The third-order valence-corrected chi connectivity index (χ3v) is 7.01. The van der Waals surface area contributed by atoms with Crippen molar-refractivity contribution < 1.29 is 9.59 Å². The van der Waals surface area contributed by atoms with Gasteiger partial charge in [-0.15, -0.1) is 0 Å². The maximum Gasteiger partial charge on any atom is 0.270 e. The number of piperidine rings is 1. The third kappa shape index (κ3) is 6.80. The van der Waals surface area contributed by atoms with Crippen LogP contribution >= 0.6 is 0 Å². The molecule has 4 N–H and O–H groups in total. The Labute approximate surface area is 228 Å². The van der Waals surface area contributed by atoms with Crippen molar-refractivity contribution in [3.63, 3.8) is 0 Å². The van der Waals surface area contributed by atoms with E-state index >= 15 is 0 Å². The van der Waals surface area contributed by atoms with E-state index in [9.17, 15) is 9.59 Å². The third-order valence-electron chi connectivity index (χ3n) is 7.01. The molecule has 4 aromatic rings. The van der Waals surface area contributed by atoms with Gasteiger partial charge in [0.05, 0.1) is 5.39 Å². The van der Waals surface area contributed by atoms with Gasteiger partial charge in [-0.1, -0.05) is 60.7 Å². The number of aromatic amines is 1. The fourth-order valence-corrected chi connectivity index (χ4v) is 4.92. The minimum absolute atomic E-state index is 0.0267. The molecule has 2 amide bonds. The average Bonchev–Trinajstić information content (AvgIpc) is 3.41. The van der Waals surface area contributed by atoms with Gasteiger partial charge < -0.3 is 25.8 Å². The van der Waals surface area contributed by atoms with Gasteiger partial charge in [-0.3, -0.25) is 9.59 Å². The highest BCUT2D eigenvalue weighted by atomic mass is 16.2. The molecule has 202 valence electrons. The summed E-state index contributed by atoms with van der Waals surface area (Å²) in [6.45, 7) is 4.81. The Morgan fingerprint density at radius 3 is 2.38 bits per heavy atom. The van der Waals surface area contributed by atoms with Gasteiger partial charge in [0.25, 0.3) is 5.91 Å². The van der Waals surface area contributed by atoms with Crippen molar-refractivity contribution in [1.82, 2.24) is 30.5 Å². The SMILES string of the molecule is CC(=O)NCCNc1nc(-c2ccccc2)nc2[nH]c(C(=O)N3CCC(NCCc4ccccc4)CC3)cc12. The van der Waals surface area contributed by atoms with E-state index in [1.54, 1.807) is 0 Å². The molecule has 0 radical (unpaired) electrons. The van der Waals surface area contributed by atoms with E-state index in [4.69, 9.17) is 9.97 Å². The van der Waals surface area contributed by atoms with E-state index < -0.39 is 0 Å². The lowest BCUT2D eigenvalue weighted by atomic mass is 10.0. The fraction of sp³-hybridized carbons (Fsp3) is 0.333. The Balaban J connectivity index is 1.25. The smallest absolute Gasteiger partial charge is 0.270 e. The summed E-state index contributed by atoms with van der Waals surface area (Å²) in [4.78, 5) is 39.3. The summed E-state index contributed by atoms with van der Waals surface area (Å²) in [5.74, 6) is 1.08. The number of anilines is 1. The second-order valence-corrected chi connectivity index (χ2v) is 9.87. The molecule has 1 saturated heterocycles. The topological polar surface area (TPSA) is 115 Å². The van der Waals surface area contributed by atoms with Gasteiger partial charge in [0.1, 0.15) is 17.2 Å². The first-order valence-corrected chi connectivity index (χ1v) is 13.6. The first kappa shape index (κ1) is 26.4. The molecule has 0 atom stereocenters. The van der Waals surface area contributed by atoms with Gasteiger partial charge in [0.15, 0.2) is 5.82 Å². The molecule has 9 nitrogen and oxygen atoms in total. The molecule has 0 aliphatic carbocycles. The maximum atomic E-state index is 13.4. The molecule has 0 spiro atoms. The van der Waals surface area contributed by atoms with Crippen LogP contribution in [0.15, 0.2) is 66.7 Å². The fourth-order valence-electron chi connectivity index (χ4n) is 4.92. The van der Waals surface area contributed by atoms with Crippen molar-refractivity contribution in [2.75, 3.05) is 38.0 Å². The second kappa shape index (κ2) is 12.5. The largest absolute Gasteiger partial charge is 0.368 e. The lowest BCUT2D eigenvalue weighted by molar-refractivity contribution is -0.118. The number of amides is 2. The number of nitrogens with zero attached hydrogens (tertiary/aromatic N) is 3. The molecular weight excluding hydrogens is 490 g/mol. The molecule has 1 fully saturated rings. The van der Waals surface area contributed by atoms with Crippen molar-refractivity contribution in [1.29, 1.82) is 0 Å². The average molecular weight is 526 g/mol. The molecule has 2 aromatic heterocycles. The van der Waals surface area contributed by atoms with Crippen LogP contribution in [0.4, 0.5) is 5.82 Å². The second-order valence-electron chi connectivity index (χ2n) is 9.87. The van der Waals surface area contributed by atoms with Gasteiger partial charge in [-0.05, 0) is 37.4 Å². The molecule has 0 saturated carbocycles. The van der Waals surface area contributed by atoms with Crippen LogP contribution in [-0.4, -0.2) is 70.4 Å². The quantitative estimate of drug-likeness (QED) is 0.235. The van der Waals surface area contributed by atoms with Gasteiger partial charge in [0, 0.05) is 44.7 Å². The summed E-state index contributed by atoms with van der Waals surface area (Å²) in [5.41, 5.74) is 3.32. The molecule has 39 heavy (non-hydrogen) atoms. The Morgan fingerprint density at radius 1 is 0.949 bits per heavy atom. The Bertz CT molecular complexity index is 1400. The Morgan fingerprint density at radius 2 is 1.67 bits per heavy atom. The van der Waals surface area contributed by atoms with Crippen molar-refractivity contribution in [3.05, 3.63) is 78.0 Å². The highest BCUT2D eigenvalue weighted by molar-refractivity contribution is 6.00. The highest BCUT2D eigenvalue weighted by Crippen LogP contribution is 2.26. The van der Waals surface area contributed by atoms with Crippen LogP contribution in [0, 0.1) is 0 Å². The Hall–Kier alpha value is -4.24. The maximum absolute atomic E-state index is 13.4. The minimum Gasteiger partial charge on any atom is -0.368 e. The summed E-state index contributed by atoms with van der Waals surface area (Å²) < 4.78 is 0. The molecular formula is C30H35N7O2. The first-order valence-electron chi connectivity index (χ1n) is 13.6. The lowest BCUT2D eigenvalue weighted by Crippen LogP contribution is -2.45. The summed E-state index contributed by atoms with van der Waals surface area (Å²) in [6, 6.07) is 22.5. The van der Waals surface area contributed by atoms with Gasteiger partial charge in [-0.25, -0.2) is 9.97 Å². The normalized spacial score (nSPS) is 13.9. The number of hydrogen-bond acceptors (Lipinski definition) is 6. The van der Waals surface area contributed by atoms with Crippen LogP contribution in [0.5, 0.6) is 0 Å². The van der Waals surface area contributed by atoms with Gasteiger partial charge in [-0.2, -0.15) is 0 Å². The zero-order valence-electron chi connectivity index (χ0n) is 22.2. The zero-order chi connectivity index (χ0) is 27.0. The van der Waals surface area contributed by atoms with Crippen LogP contribution in [0.2, 0.25) is 0 Å². The number of carbonyl (C=O) groups is 2. The highest BCUT2D eigenvalue weighted by Gasteiger charge is 2.25. The van der Waals surface area contributed by atoms with Crippen molar-refractivity contribution in [3.8, 4) is 11.4 Å². The number of carbonyl (C=O) groups excluding carboxylic acids is 2. The van der Waals surface area contributed by atoms with Crippen LogP contribution < -0.4 is 16.0 Å². The van der Waals surface area contributed by atoms with Crippen LogP contribution in [0.25, 0.3) is 22.4 Å². The molecule has 3 heterocycles. The summed E-state index contributed by atoms with van der Waals surface area (Å²) in [5, 5.41) is 10.5. The predicted molar refractivity (Wildman–Crippen MR) is 154 cm³/mol. The zero-order valence-corrected chi connectivity index (χ0v) is 22.2. The number of hydrogen-bond donors (Lipinski definition) is 4. The van der Waals surface area contributed by atoms with Crippen LogP contribution in [0.3, 0.4) is 0 Å². The van der Waals surface area contributed by atoms with Gasteiger partial charge >= 0.3 is 0 Å². The molecule has 5 rings (SSSR count). The molecule has 9 heteroatoms. The number of H-pyrrole nitrogens is 1. The summed E-state index contributed by atoms with van der Waals surface area (Å²) >= 11 is 0. The summed E-state index contributed by atoms with van der Waals surface area (Å²) in [6.07, 6.45) is 2.85. The lowest BCUT2D eigenvalue weighted by Gasteiger charge is -2.32. The van der Waals surface area contributed by atoms with Crippen molar-refractivity contribution in [2.24, 2.45) is 0 Å². The van der Waals surface area contributed by atoms with E-state index in [0.29, 0.717) is 55.2 Å². The van der Waals surface area contributed by atoms with E-state index in [1.165, 1.54) is 12.5 Å². The van der Waals surface area contributed by atoms with E-state index in [2.05, 4.69) is 45.2 Å². The molecule has 0 unspecified atom stereocenters. The first-order chi connectivity index (χ1) is 19.1. The number of rotatable bonds is 10. The number of nitrogens with one attached hydrogen (secondary N) is 4. The summed E-state index contributed by atoms with van der Waals surface area (Å²) in [7, 11) is 0. The number of fused-ring (bicyclic) bond motifs is 1. The standard InChI is InChI=1S/C30H35N7O2/c1-21(38)31-16-17-33-28-25-20-26(34-29(25)36-27(35-28)23-10-6-3-7-11-23)30(39)37-18-13-24(14-19-37)32-15-12-22-8-4-2-5-9-22/h2-11,20,24,32H,12-19H2,1H3,(H,31,38)(H2,33,34,35,36). The van der Waals surface area contributed by atoms with Crippen molar-refractivity contribution >= 4 is 28.7 Å². The molecule has 1 aliphatic heterocycles. The van der Waals surface area contributed by atoms with Crippen LogP contribution in [0.1, 0.15) is 35.8 Å². The van der Waals surface area contributed by atoms with E-state index in [-0.39, 0.29) is 11.8 Å². The predicted octanol–water partition coefficient (Wildman–Crippen LogP) is 3.61. The monoisotopic (exact) mass is 525 g/mol. The molecule has 0 bridgehead atoms. The van der Waals surface area contributed by atoms with E-state index in [1.807, 2.05) is 47.4 Å². The molecule has 1 aliphatic rings. The van der Waals surface area contributed by atoms with Gasteiger partial charge in [0.2, 0.25) is 5.91 Å².